The van der Waals surface area contributed by atoms with Crippen LogP contribution in [0, 0.1) is 17.8 Å². The summed E-state index contributed by atoms with van der Waals surface area (Å²) in [6.45, 7) is 1.68. The van der Waals surface area contributed by atoms with Crippen molar-refractivity contribution in [3.05, 3.63) is 22.3 Å². The lowest BCUT2D eigenvalue weighted by Gasteiger charge is -2.52. The maximum Gasteiger partial charge on any atom is 0.232 e. The van der Waals surface area contributed by atoms with Gasteiger partial charge in [0.2, 0.25) is 5.91 Å². The van der Waals surface area contributed by atoms with E-state index in [0.29, 0.717) is 30.8 Å². The first-order valence-electron chi connectivity index (χ1n) is 6.88. The number of carbonyl (C=O) groups excluding carboxylic acids is 1. The predicted molar refractivity (Wildman–Crippen MR) is 75.4 cm³/mol. The molecule has 1 saturated heterocycles. The maximum atomic E-state index is 12.7. The smallest absolute Gasteiger partial charge is 0.232 e. The number of ether oxygens (including phenoxy) is 1. The van der Waals surface area contributed by atoms with Gasteiger partial charge in [-0.3, -0.25) is 9.69 Å². The number of anilines is 1. The van der Waals surface area contributed by atoms with Crippen LogP contribution in [-0.2, 0) is 9.53 Å². The Morgan fingerprint density at radius 2 is 2.15 bits per heavy atom. The van der Waals surface area contributed by atoms with Gasteiger partial charge in [-0.05, 0) is 27.9 Å². The molecule has 1 amide bonds. The van der Waals surface area contributed by atoms with Crippen LogP contribution >= 0.6 is 15.9 Å². The van der Waals surface area contributed by atoms with Gasteiger partial charge < -0.3 is 9.84 Å². The maximum absolute atomic E-state index is 12.7. The lowest BCUT2D eigenvalue weighted by Crippen LogP contribution is -2.57. The minimum Gasteiger partial charge on any atom is -0.395 e. The Morgan fingerprint density at radius 1 is 1.40 bits per heavy atom. The molecule has 5 nitrogen and oxygen atoms in total. The van der Waals surface area contributed by atoms with Crippen molar-refractivity contribution in [1.82, 2.24) is 4.98 Å². The highest BCUT2D eigenvalue weighted by molar-refractivity contribution is 9.10. The molecule has 0 radical (unpaired) electrons. The van der Waals surface area contributed by atoms with Crippen molar-refractivity contribution in [2.24, 2.45) is 17.8 Å². The van der Waals surface area contributed by atoms with Gasteiger partial charge in [0.05, 0.1) is 32.3 Å². The SMILES string of the molecule is O=C1C2C3COCC3C2c2cc(Br)cnc2N1CCO. The average molecular weight is 339 g/mol. The average Bonchev–Trinajstić information content (AvgIpc) is 2.80. The number of nitrogens with zero attached hydrogens (tertiary/aromatic N) is 2. The van der Waals surface area contributed by atoms with Crippen LogP contribution in [0.5, 0.6) is 0 Å². The molecule has 1 N–H and O–H groups in total. The van der Waals surface area contributed by atoms with Crippen molar-refractivity contribution in [3.63, 3.8) is 0 Å². The lowest BCUT2D eigenvalue weighted by atomic mass is 9.54. The number of aromatic nitrogens is 1. The number of hydrogen-bond donors (Lipinski definition) is 1. The fraction of sp³-hybridized carbons (Fsp3) is 0.571. The van der Waals surface area contributed by atoms with E-state index in [2.05, 4.69) is 27.0 Å². The van der Waals surface area contributed by atoms with E-state index in [1.165, 1.54) is 0 Å². The number of rotatable bonds is 2. The zero-order chi connectivity index (χ0) is 13.9. The molecular formula is C14H15BrN2O3. The van der Waals surface area contributed by atoms with Crippen molar-refractivity contribution >= 4 is 27.7 Å². The minimum absolute atomic E-state index is 0.00218. The van der Waals surface area contributed by atoms with Gasteiger partial charge in [0.1, 0.15) is 5.82 Å². The zero-order valence-corrected chi connectivity index (χ0v) is 12.4. The van der Waals surface area contributed by atoms with Crippen LogP contribution in [0.1, 0.15) is 11.5 Å². The molecule has 1 saturated carbocycles. The number of aliphatic hydroxyl groups excluding tert-OH is 1. The van der Waals surface area contributed by atoms with Gasteiger partial charge in [0.15, 0.2) is 0 Å². The van der Waals surface area contributed by atoms with Crippen molar-refractivity contribution in [2.75, 3.05) is 31.3 Å². The summed E-state index contributed by atoms with van der Waals surface area (Å²) in [4.78, 5) is 18.7. The lowest BCUT2D eigenvalue weighted by molar-refractivity contribution is -0.132. The number of halogens is 1. The standard InChI is InChI=1S/C14H15BrN2O3/c15-7-3-8-11-9-5-20-6-10(9)12(11)14(19)17(1-2-18)13(8)16-4-7/h3-4,9-12,18H,1-2,5-6H2. The van der Waals surface area contributed by atoms with Gasteiger partial charge in [0.25, 0.3) is 0 Å². The Morgan fingerprint density at radius 3 is 2.90 bits per heavy atom. The Hall–Kier alpha value is -0.980. The molecular weight excluding hydrogens is 324 g/mol. The summed E-state index contributed by atoms with van der Waals surface area (Å²) >= 11 is 3.46. The summed E-state index contributed by atoms with van der Waals surface area (Å²) in [7, 11) is 0. The Bertz CT molecular complexity index is 580. The van der Waals surface area contributed by atoms with Gasteiger partial charge in [-0.15, -0.1) is 0 Å². The van der Waals surface area contributed by atoms with Crippen LogP contribution in [0.15, 0.2) is 16.7 Å². The van der Waals surface area contributed by atoms with Crippen LogP contribution in [0.25, 0.3) is 0 Å². The van der Waals surface area contributed by atoms with Gasteiger partial charge >= 0.3 is 0 Å². The van der Waals surface area contributed by atoms with E-state index in [4.69, 9.17) is 4.74 Å². The van der Waals surface area contributed by atoms with Crippen molar-refractivity contribution in [1.29, 1.82) is 0 Å². The number of pyridine rings is 1. The quantitative estimate of drug-likeness (QED) is 0.878. The monoisotopic (exact) mass is 338 g/mol. The number of amides is 1. The molecule has 3 heterocycles. The molecule has 0 aromatic carbocycles. The summed E-state index contributed by atoms with van der Waals surface area (Å²) in [6, 6.07) is 2.06. The van der Waals surface area contributed by atoms with E-state index in [-0.39, 0.29) is 24.3 Å². The molecule has 20 heavy (non-hydrogen) atoms. The number of aliphatic hydroxyl groups is 1. The summed E-state index contributed by atoms with van der Waals surface area (Å²) in [5, 5.41) is 9.22. The third-order valence-electron chi connectivity index (χ3n) is 4.83. The predicted octanol–water partition coefficient (Wildman–Crippen LogP) is 1.16. The number of hydrogen-bond acceptors (Lipinski definition) is 4. The fourth-order valence-corrected chi connectivity index (χ4v) is 4.34. The summed E-state index contributed by atoms with van der Waals surface area (Å²) in [6.07, 6.45) is 1.71. The molecule has 4 unspecified atom stereocenters. The Labute approximate surface area is 125 Å². The molecule has 2 aliphatic heterocycles. The van der Waals surface area contributed by atoms with E-state index < -0.39 is 0 Å². The molecule has 4 atom stereocenters. The molecule has 4 rings (SSSR count). The van der Waals surface area contributed by atoms with Crippen LogP contribution in [-0.4, -0.2) is 42.4 Å². The van der Waals surface area contributed by atoms with Gasteiger partial charge in [-0.1, -0.05) is 0 Å². The van der Waals surface area contributed by atoms with Gasteiger partial charge in [-0.25, -0.2) is 4.98 Å². The van der Waals surface area contributed by atoms with E-state index in [1.807, 2.05) is 0 Å². The third kappa shape index (κ3) is 1.55. The van der Waals surface area contributed by atoms with Crippen LogP contribution in [0.2, 0.25) is 0 Å². The minimum atomic E-state index is -0.0507. The Kier molecular flexibility index (Phi) is 2.87. The largest absolute Gasteiger partial charge is 0.395 e. The Balaban J connectivity index is 1.82. The second-order valence-electron chi connectivity index (χ2n) is 5.70. The molecule has 106 valence electrons. The van der Waals surface area contributed by atoms with Crippen molar-refractivity contribution in [2.45, 2.75) is 5.92 Å². The highest BCUT2D eigenvalue weighted by atomic mass is 79.9. The van der Waals surface area contributed by atoms with E-state index in [1.54, 1.807) is 11.1 Å². The molecule has 2 fully saturated rings. The van der Waals surface area contributed by atoms with Crippen LogP contribution < -0.4 is 4.90 Å². The molecule has 1 aromatic rings. The molecule has 3 aliphatic rings. The number of fused-ring (bicyclic) bond motifs is 6. The van der Waals surface area contributed by atoms with E-state index in [0.717, 1.165) is 16.6 Å². The van der Waals surface area contributed by atoms with Crippen LogP contribution in [0.4, 0.5) is 5.82 Å². The van der Waals surface area contributed by atoms with Gasteiger partial charge in [-0.2, -0.15) is 0 Å². The van der Waals surface area contributed by atoms with Gasteiger partial charge in [0, 0.05) is 28.1 Å². The summed E-state index contributed by atoms with van der Waals surface area (Å²) in [5.41, 5.74) is 1.11. The zero-order valence-electron chi connectivity index (χ0n) is 10.8. The molecule has 1 aliphatic carbocycles. The molecule has 6 heteroatoms. The topological polar surface area (TPSA) is 62.7 Å². The number of carbonyl (C=O) groups is 1. The highest BCUT2D eigenvalue weighted by Crippen LogP contribution is 2.59. The van der Waals surface area contributed by atoms with Crippen molar-refractivity contribution in [3.8, 4) is 0 Å². The highest BCUT2D eigenvalue weighted by Gasteiger charge is 2.60. The fourth-order valence-electron chi connectivity index (χ4n) is 3.99. The third-order valence-corrected chi connectivity index (χ3v) is 5.26. The van der Waals surface area contributed by atoms with Crippen LogP contribution in [0.3, 0.4) is 0 Å². The molecule has 1 aromatic heterocycles. The number of β-amino-alcohol motifs (C(OH)–C–C–N with tert-alkyl or cyclic N) is 1. The summed E-state index contributed by atoms with van der Waals surface area (Å²) < 4.78 is 6.49. The molecule has 0 bridgehead atoms. The first kappa shape index (κ1) is 12.7. The summed E-state index contributed by atoms with van der Waals surface area (Å²) in [5.74, 6) is 1.80. The van der Waals surface area contributed by atoms with Crippen molar-refractivity contribution < 1.29 is 14.6 Å². The normalized spacial score (nSPS) is 34.3. The molecule has 0 spiro atoms. The second-order valence-corrected chi connectivity index (χ2v) is 6.61. The first-order chi connectivity index (χ1) is 9.72. The second kappa shape index (κ2) is 4.51. The van der Waals surface area contributed by atoms with E-state index >= 15 is 0 Å². The first-order valence-corrected chi connectivity index (χ1v) is 7.67. The van der Waals surface area contributed by atoms with E-state index in [9.17, 15) is 9.90 Å².